The lowest BCUT2D eigenvalue weighted by Gasteiger charge is -2.33. The van der Waals surface area contributed by atoms with Gasteiger partial charge < -0.3 is 39.4 Å². The van der Waals surface area contributed by atoms with E-state index in [1.807, 2.05) is 32.2 Å². The first kappa shape index (κ1) is 41.2. The molecule has 0 aliphatic carbocycles. The number of nitrogens with zero attached hydrogens (tertiary/aromatic N) is 1. The van der Waals surface area contributed by atoms with Crippen LogP contribution in [0.1, 0.15) is 42.4 Å². The van der Waals surface area contributed by atoms with Crippen LogP contribution in [0.3, 0.4) is 0 Å². The average Bonchev–Trinajstić information content (AvgIpc) is 3.08. The van der Waals surface area contributed by atoms with Crippen molar-refractivity contribution >= 4 is 44.9 Å². The number of halogens is 2. The van der Waals surface area contributed by atoms with Crippen molar-refractivity contribution in [2.45, 2.75) is 49.3 Å². The Labute approximate surface area is 298 Å². The zero-order chi connectivity index (χ0) is 35.8. The third-order valence-corrected chi connectivity index (χ3v) is 9.76. The van der Waals surface area contributed by atoms with Gasteiger partial charge in [-0.05, 0) is 61.3 Å². The molecule has 0 saturated carbocycles. The van der Waals surface area contributed by atoms with Crippen molar-refractivity contribution in [2.24, 2.45) is 0 Å². The third-order valence-electron chi connectivity index (χ3n) is 7.73. The molecule has 2 aromatic carbocycles. The maximum absolute atomic E-state index is 12.8. The number of fused-ring (bicyclic) bond motifs is 1. The predicted molar refractivity (Wildman–Crippen MR) is 184 cm³/mol. The SMILES string of the molecule is CCOCCCC(=O)[C@H](O)[C@@H](O)C(=O)NCCOCCOCCOCCNS(=O)(=O)c1ccc([C@@H]2CN(C)Cc3c(Cl)cc(Cl)cc32)cc1. The quantitative estimate of drug-likeness (QED) is 0.123. The lowest BCUT2D eigenvalue weighted by atomic mass is 9.85. The van der Waals surface area contributed by atoms with Crippen molar-refractivity contribution in [1.82, 2.24) is 14.9 Å². The van der Waals surface area contributed by atoms with Gasteiger partial charge in [-0.15, -0.1) is 0 Å². The molecule has 16 heteroatoms. The number of likely N-dealkylation sites (N-methyl/N-ethyl adjacent to an activating group) is 1. The maximum Gasteiger partial charge on any atom is 0.252 e. The number of amides is 1. The van der Waals surface area contributed by atoms with Gasteiger partial charge in [-0.25, -0.2) is 13.1 Å². The molecule has 2 aromatic rings. The molecule has 4 N–H and O–H groups in total. The molecule has 1 heterocycles. The van der Waals surface area contributed by atoms with E-state index in [0.29, 0.717) is 36.2 Å². The van der Waals surface area contributed by atoms with Crippen LogP contribution < -0.4 is 10.0 Å². The number of ketones is 1. The number of nitrogens with one attached hydrogen (secondary N) is 2. The van der Waals surface area contributed by atoms with Gasteiger partial charge in [-0.1, -0.05) is 35.3 Å². The number of ether oxygens (including phenoxy) is 4. The highest BCUT2D eigenvalue weighted by atomic mass is 35.5. The van der Waals surface area contributed by atoms with Crippen LogP contribution in [0.15, 0.2) is 41.3 Å². The highest BCUT2D eigenvalue weighted by Gasteiger charge is 2.30. The Morgan fingerprint density at radius 3 is 2.20 bits per heavy atom. The van der Waals surface area contributed by atoms with Crippen LogP contribution in [0.4, 0.5) is 0 Å². The van der Waals surface area contributed by atoms with E-state index in [4.69, 9.17) is 42.1 Å². The number of carbonyl (C=O) groups excluding carboxylic acids is 2. The molecule has 0 spiro atoms. The number of aliphatic hydroxyl groups is 2. The summed E-state index contributed by atoms with van der Waals surface area (Å²) in [6.07, 6.45) is -3.27. The number of Topliss-reactive ketones (excluding diaryl/α,β-unsaturated/α-hetero) is 1. The van der Waals surface area contributed by atoms with Crippen molar-refractivity contribution in [3.05, 3.63) is 63.1 Å². The van der Waals surface area contributed by atoms with E-state index >= 15 is 0 Å². The number of hydrogen-bond donors (Lipinski definition) is 4. The fourth-order valence-corrected chi connectivity index (χ4v) is 6.78. The Balaban J connectivity index is 1.24. The summed E-state index contributed by atoms with van der Waals surface area (Å²) in [4.78, 5) is 26.2. The number of rotatable bonds is 23. The molecule has 49 heavy (non-hydrogen) atoms. The standard InChI is InChI=1S/C33H47Cl2N3O10S/c1-3-45-12-4-5-30(39)31(40)32(41)33(42)36-10-13-46-15-17-48-18-16-47-14-11-37-49(43,44)25-8-6-23(7-9-25)27-21-38(2)22-28-26(27)19-24(34)20-29(28)35/h6-9,19-20,27,31-32,37,40-41H,3-5,10-18,21-22H2,1-2H3,(H,36,42)/t27-,31-,32+/m0/s1. The van der Waals surface area contributed by atoms with Crippen LogP contribution in [-0.4, -0.2) is 127 Å². The zero-order valence-electron chi connectivity index (χ0n) is 27.9. The molecule has 3 rings (SSSR count). The molecule has 0 saturated heterocycles. The second-order valence-electron chi connectivity index (χ2n) is 11.5. The number of hydrogen-bond acceptors (Lipinski definition) is 11. The Kier molecular flexibility index (Phi) is 17.9. The van der Waals surface area contributed by atoms with Crippen LogP contribution >= 0.6 is 23.2 Å². The van der Waals surface area contributed by atoms with E-state index in [1.54, 1.807) is 18.2 Å². The van der Waals surface area contributed by atoms with E-state index < -0.39 is 33.9 Å². The lowest BCUT2D eigenvalue weighted by Crippen LogP contribution is -2.46. The monoisotopic (exact) mass is 747 g/mol. The number of aliphatic hydroxyl groups excluding tert-OH is 2. The van der Waals surface area contributed by atoms with Gasteiger partial charge in [0.2, 0.25) is 10.0 Å². The van der Waals surface area contributed by atoms with Crippen molar-refractivity contribution in [1.29, 1.82) is 0 Å². The topological polar surface area (TPSA) is 173 Å². The molecule has 1 aliphatic rings. The summed E-state index contributed by atoms with van der Waals surface area (Å²) >= 11 is 12.7. The summed E-state index contributed by atoms with van der Waals surface area (Å²) in [5.41, 5.74) is 3.04. The summed E-state index contributed by atoms with van der Waals surface area (Å²) in [7, 11) is -1.71. The molecule has 0 bridgehead atoms. The highest BCUT2D eigenvalue weighted by Crippen LogP contribution is 2.38. The van der Waals surface area contributed by atoms with Crippen LogP contribution in [0.25, 0.3) is 0 Å². The fraction of sp³-hybridized carbons (Fsp3) is 0.576. The van der Waals surface area contributed by atoms with Crippen LogP contribution in [0.2, 0.25) is 10.0 Å². The van der Waals surface area contributed by atoms with Gasteiger partial charge in [0.1, 0.15) is 6.10 Å². The Bertz CT molecular complexity index is 1450. The van der Waals surface area contributed by atoms with Crippen LogP contribution in [0.5, 0.6) is 0 Å². The normalized spacial score (nSPS) is 16.2. The summed E-state index contributed by atoms with van der Waals surface area (Å²) in [5.74, 6) is -1.49. The fourth-order valence-electron chi connectivity index (χ4n) is 5.19. The number of benzene rings is 2. The summed E-state index contributed by atoms with van der Waals surface area (Å²) in [6.45, 7) is 5.64. The van der Waals surface area contributed by atoms with Crippen LogP contribution in [0, 0.1) is 0 Å². The summed E-state index contributed by atoms with van der Waals surface area (Å²) < 4.78 is 49.5. The minimum absolute atomic E-state index is 0.00285. The predicted octanol–water partition coefficient (Wildman–Crippen LogP) is 2.12. The Morgan fingerprint density at radius 1 is 0.918 bits per heavy atom. The van der Waals surface area contributed by atoms with Gasteiger partial charge >= 0.3 is 0 Å². The van der Waals surface area contributed by atoms with E-state index in [9.17, 15) is 28.2 Å². The minimum Gasteiger partial charge on any atom is -0.382 e. The molecule has 13 nitrogen and oxygen atoms in total. The molecule has 0 radical (unpaired) electrons. The maximum atomic E-state index is 12.8. The van der Waals surface area contributed by atoms with Gasteiger partial charge in [-0.2, -0.15) is 0 Å². The Morgan fingerprint density at radius 2 is 1.55 bits per heavy atom. The van der Waals surface area contributed by atoms with Crippen molar-refractivity contribution in [3.8, 4) is 0 Å². The van der Waals surface area contributed by atoms with Gasteiger partial charge in [0.15, 0.2) is 11.9 Å². The minimum atomic E-state index is -3.73. The molecule has 1 amide bonds. The second kappa shape index (κ2) is 21.2. The average molecular weight is 749 g/mol. The van der Waals surface area contributed by atoms with E-state index in [0.717, 1.165) is 23.2 Å². The second-order valence-corrected chi connectivity index (χ2v) is 14.1. The smallest absolute Gasteiger partial charge is 0.252 e. The first-order valence-electron chi connectivity index (χ1n) is 16.2. The number of carbonyl (C=O) groups is 2. The van der Waals surface area contributed by atoms with Crippen molar-refractivity contribution < 1.29 is 47.2 Å². The van der Waals surface area contributed by atoms with E-state index in [2.05, 4.69) is 14.9 Å². The van der Waals surface area contributed by atoms with Gasteiger partial charge in [-0.3, -0.25) is 9.59 Å². The first-order chi connectivity index (χ1) is 23.4. The highest BCUT2D eigenvalue weighted by molar-refractivity contribution is 7.89. The summed E-state index contributed by atoms with van der Waals surface area (Å²) in [5, 5.41) is 23.4. The largest absolute Gasteiger partial charge is 0.382 e. The first-order valence-corrected chi connectivity index (χ1v) is 18.4. The van der Waals surface area contributed by atoms with Gasteiger partial charge in [0.25, 0.3) is 5.91 Å². The molecule has 3 atom stereocenters. The molecule has 0 fully saturated rings. The van der Waals surface area contributed by atoms with E-state index in [-0.39, 0.29) is 70.0 Å². The van der Waals surface area contributed by atoms with Gasteiger partial charge in [0, 0.05) is 61.8 Å². The van der Waals surface area contributed by atoms with Crippen molar-refractivity contribution in [3.63, 3.8) is 0 Å². The zero-order valence-corrected chi connectivity index (χ0v) is 30.2. The molecule has 0 aromatic heterocycles. The molecular formula is C33H47Cl2N3O10S. The molecule has 0 unspecified atom stereocenters. The number of sulfonamides is 1. The van der Waals surface area contributed by atoms with E-state index in [1.165, 1.54) is 0 Å². The summed E-state index contributed by atoms with van der Waals surface area (Å²) in [6, 6.07) is 10.5. The van der Waals surface area contributed by atoms with Crippen molar-refractivity contribution in [2.75, 3.05) is 79.5 Å². The molecule has 274 valence electrons. The lowest BCUT2D eigenvalue weighted by molar-refractivity contribution is -0.145. The Hall–Kier alpha value is -2.21. The molecule has 1 aliphatic heterocycles. The van der Waals surface area contributed by atoms with Gasteiger partial charge in [0.05, 0.1) is 44.5 Å². The third kappa shape index (κ3) is 13.5. The molecular weight excluding hydrogens is 701 g/mol. The van der Waals surface area contributed by atoms with Crippen LogP contribution in [-0.2, 0) is 45.1 Å².